The highest BCUT2D eigenvalue weighted by atomic mass is 16.5. The topological polar surface area (TPSA) is 41.8 Å². The molecule has 94 valence electrons. The molecule has 3 rings (SSSR count). The molecule has 3 heteroatoms. The van der Waals surface area contributed by atoms with Gasteiger partial charge in [-0.05, 0) is 29.8 Å². The molecule has 0 bridgehead atoms. The molecule has 0 spiro atoms. The van der Waals surface area contributed by atoms with Crippen molar-refractivity contribution in [2.75, 3.05) is 0 Å². The van der Waals surface area contributed by atoms with Crippen LogP contribution >= 0.6 is 0 Å². The molecule has 1 N–H and O–H groups in total. The molecule has 3 nitrogen and oxygen atoms in total. The zero-order chi connectivity index (χ0) is 13.1. The molecule has 0 unspecified atom stereocenters. The molecule has 19 heavy (non-hydrogen) atoms. The highest BCUT2D eigenvalue weighted by Crippen LogP contribution is 2.23. The van der Waals surface area contributed by atoms with Gasteiger partial charge in [-0.15, -0.1) is 0 Å². The molecular formula is C16H13NO2. The van der Waals surface area contributed by atoms with E-state index in [4.69, 9.17) is 4.74 Å². The Hall–Kier alpha value is -2.55. The monoisotopic (exact) mass is 251 g/mol. The second-order valence-corrected chi connectivity index (χ2v) is 4.29. The van der Waals surface area contributed by atoms with Crippen molar-refractivity contribution in [2.24, 2.45) is 4.99 Å². The highest BCUT2D eigenvalue weighted by molar-refractivity contribution is 5.94. The SMILES string of the molecule is Oc1ccc(C=CC2=NCc3ccccc3O2)cc1. The fourth-order valence-corrected chi connectivity index (χ4v) is 1.88. The number of phenolic OH excluding ortho intramolecular Hbond substituents is 1. The number of hydrogen-bond donors (Lipinski definition) is 1. The lowest BCUT2D eigenvalue weighted by atomic mass is 10.2. The number of hydrogen-bond acceptors (Lipinski definition) is 3. The molecule has 0 fully saturated rings. The van der Waals surface area contributed by atoms with Crippen LogP contribution < -0.4 is 4.74 Å². The third-order valence-electron chi connectivity index (χ3n) is 2.90. The van der Waals surface area contributed by atoms with Crippen molar-refractivity contribution in [3.05, 3.63) is 65.7 Å². The fraction of sp³-hybridized carbons (Fsp3) is 0.0625. The van der Waals surface area contributed by atoms with Gasteiger partial charge in [0.2, 0.25) is 5.90 Å². The Kier molecular flexibility index (Phi) is 3.02. The molecule has 0 aromatic heterocycles. The zero-order valence-corrected chi connectivity index (χ0v) is 10.3. The summed E-state index contributed by atoms with van der Waals surface area (Å²) >= 11 is 0. The molecule has 0 saturated carbocycles. The van der Waals surface area contributed by atoms with Crippen LogP contribution in [-0.2, 0) is 6.54 Å². The predicted octanol–water partition coefficient (Wildman–Crippen LogP) is 3.40. The van der Waals surface area contributed by atoms with Gasteiger partial charge < -0.3 is 9.84 Å². The molecule has 0 aliphatic carbocycles. The molecule has 1 aliphatic rings. The molecule has 0 amide bonds. The van der Waals surface area contributed by atoms with Gasteiger partial charge in [0.05, 0.1) is 6.54 Å². The van der Waals surface area contributed by atoms with Crippen LogP contribution in [0.25, 0.3) is 6.08 Å². The van der Waals surface area contributed by atoms with Crippen LogP contribution in [0.4, 0.5) is 0 Å². The summed E-state index contributed by atoms with van der Waals surface area (Å²) in [6.07, 6.45) is 3.74. The Morgan fingerprint density at radius 3 is 2.63 bits per heavy atom. The van der Waals surface area contributed by atoms with Gasteiger partial charge in [0.1, 0.15) is 11.5 Å². The summed E-state index contributed by atoms with van der Waals surface area (Å²) in [7, 11) is 0. The average Bonchev–Trinajstić information content (AvgIpc) is 2.46. The fourth-order valence-electron chi connectivity index (χ4n) is 1.88. The zero-order valence-electron chi connectivity index (χ0n) is 10.3. The van der Waals surface area contributed by atoms with Gasteiger partial charge in [0.15, 0.2) is 0 Å². The first kappa shape index (κ1) is 11.5. The van der Waals surface area contributed by atoms with E-state index in [1.165, 1.54) is 0 Å². The third kappa shape index (κ3) is 2.65. The van der Waals surface area contributed by atoms with Gasteiger partial charge in [0.25, 0.3) is 0 Å². The first-order chi connectivity index (χ1) is 9.31. The number of nitrogens with zero attached hydrogens (tertiary/aromatic N) is 1. The summed E-state index contributed by atoms with van der Waals surface area (Å²) in [6, 6.07) is 14.9. The van der Waals surface area contributed by atoms with Crippen molar-refractivity contribution in [3.63, 3.8) is 0 Å². The first-order valence-electron chi connectivity index (χ1n) is 6.08. The lowest BCUT2D eigenvalue weighted by Crippen LogP contribution is -2.11. The Morgan fingerprint density at radius 2 is 1.79 bits per heavy atom. The van der Waals surface area contributed by atoms with Crippen molar-refractivity contribution in [2.45, 2.75) is 6.54 Å². The first-order valence-corrected chi connectivity index (χ1v) is 6.08. The normalized spacial score (nSPS) is 13.8. The number of benzene rings is 2. The van der Waals surface area contributed by atoms with Gasteiger partial charge in [-0.3, -0.25) is 0 Å². The number of aliphatic imine (C=N–C) groups is 1. The third-order valence-corrected chi connectivity index (χ3v) is 2.90. The van der Waals surface area contributed by atoms with Crippen molar-refractivity contribution < 1.29 is 9.84 Å². The summed E-state index contributed by atoms with van der Waals surface area (Å²) in [4.78, 5) is 4.36. The molecule has 1 heterocycles. The lowest BCUT2D eigenvalue weighted by Gasteiger charge is -2.14. The summed E-state index contributed by atoms with van der Waals surface area (Å²) in [5.41, 5.74) is 2.09. The summed E-state index contributed by atoms with van der Waals surface area (Å²) in [5.74, 6) is 1.73. The van der Waals surface area contributed by atoms with E-state index < -0.39 is 0 Å². The van der Waals surface area contributed by atoms with Crippen molar-refractivity contribution in [1.82, 2.24) is 0 Å². The molecule has 0 saturated heterocycles. The molecular weight excluding hydrogens is 238 g/mol. The second kappa shape index (κ2) is 4.98. The quantitative estimate of drug-likeness (QED) is 0.888. The van der Waals surface area contributed by atoms with E-state index in [0.29, 0.717) is 12.4 Å². The van der Waals surface area contributed by atoms with E-state index in [2.05, 4.69) is 4.99 Å². The maximum absolute atomic E-state index is 9.21. The Labute approximate surface area is 111 Å². The van der Waals surface area contributed by atoms with E-state index in [0.717, 1.165) is 16.9 Å². The average molecular weight is 251 g/mol. The highest BCUT2D eigenvalue weighted by Gasteiger charge is 2.10. The Morgan fingerprint density at radius 1 is 1.00 bits per heavy atom. The van der Waals surface area contributed by atoms with Gasteiger partial charge in [-0.1, -0.05) is 30.3 Å². The van der Waals surface area contributed by atoms with Crippen LogP contribution in [0, 0.1) is 0 Å². The second-order valence-electron chi connectivity index (χ2n) is 4.29. The van der Waals surface area contributed by atoms with Crippen LogP contribution in [0.2, 0.25) is 0 Å². The minimum atomic E-state index is 0.261. The Bertz CT molecular complexity index is 642. The number of para-hydroxylation sites is 1. The maximum atomic E-state index is 9.21. The van der Waals surface area contributed by atoms with Crippen molar-refractivity contribution in [3.8, 4) is 11.5 Å². The minimum Gasteiger partial charge on any atom is -0.508 e. The molecule has 1 aliphatic heterocycles. The number of aromatic hydroxyl groups is 1. The maximum Gasteiger partial charge on any atom is 0.215 e. The lowest BCUT2D eigenvalue weighted by molar-refractivity contribution is 0.475. The molecule has 2 aromatic rings. The molecule has 0 atom stereocenters. The standard InChI is InChI=1S/C16H13NO2/c18-14-8-5-12(6-9-14)7-10-16-17-11-13-3-1-2-4-15(13)19-16/h1-10,18H,11H2. The van der Waals surface area contributed by atoms with E-state index >= 15 is 0 Å². The molecule has 0 radical (unpaired) electrons. The number of phenols is 1. The minimum absolute atomic E-state index is 0.261. The predicted molar refractivity (Wildman–Crippen MR) is 75.3 cm³/mol. The van der Waals surface area contributed by atoms with Crippen LogP contribution in [-0.4, -0.2) is 11.0 Å². The van der Waals surface area contributed by atoms with Crippen molar-refractivity contribution >= 4 is 12.0 Å². The summed E-state index contributed by atoms with van der Waals surface area (Å²) in [6.45, 7) is 0.644. The number of rotatable bonds is 2. The van der Waals surface area contributed by atoms with E-state index in [1.807, 2.05) is 48.6 Å². The van der Waals surface area contributed by atoms with Crippen LogP contribution in [0.5, 0.6) is 11.5 Å². The Balaban J connectivity index is 1.75. The smallest absolute Gasteiger partial charge is 0.215 e. The van der Waals surface area contributed by atoms with Crippen molar-refractivity contribution in [1.29, 1.82) is 0 Å². The van der Waals surface area contributed by atoms with Gasteiger partial charge in [-0.25, -0.2) is 4.99 Å². The molecule has 2 aromatic carbocycles. The van der Waals surface area contributed by atoms with Gasteiger partial charge in [-0.2, -0.15) is 0 Å². The summed E-state index contributed by atoms with van der Waals surface area (Å²) < 4.78 is 5.69. The largest absolute Gasteiger partial charge is 0.508 e. The summed E-state index contributed by atoms with van der Waals surface area (Å²) in [5, 5.41) is 9.21. The van der Waals surface area contributed by atoms with E-state index in [-0.39, 0.29) is 5.75 Å². The number of fused-ring (bicyclic) bond motifs is 1. The van der Waals surface area contributed by atoms with Crippen LogP contribution in [0.1, 0.15) is 11.1 Å². The van der Waals surface area contributed by atoms with Gasteiger partial charge >= 0.3 is 0 Å². The number of ether oxygens (including phenoxy) is 1. The van der Waals surface area contributed by atoms with E-state index in [1.54, 1.807) is 12.1 Å². The van der Waals surface area contributed by atoms with Crippen LogP contribution in [0.15, 0.2) is 59.6 Å². The van der Waals surface area contributed by atoms with E-state index in [9.17, 15) is 5.11 Å². The van der Waals surface area contributed by atoms with Crippen LogP contribution in [0.3, 0.4) is 0 Å². The van der Waals surface area contributed by atoms with Gasteiger partial charge in [0, 0.05) is 11.6 Å².